The average Bonchev–Trinajstić information content (AvgIpc) is 3.46. The highest BCUT2D eigenvalue weighted by molar-refractivity contribution is 7.16. The highest BCUT2D eigenvalue weighted by atomic mass is 32.1. The van der Waals surface area contributed by atoms with E-state index >= 15 is 0 Å². The number of rotatable bonds is 7. The molecule has 4 nitrogen and oxygen atoms in total. The van der Waals surface area contributed by atoms with Gasteiger partial charge >= 0.3 is 0 Å². The van der Waals surface area contributed by atoms with Crippen LogP contribution in [0.3, 0.4) is 0 Å². The normalized spacial score (nSPS) is 17.5. The van der Waals surface area contributed by atoms with Gasteiger partial charge in [0.15, 0.2) is 0 Å². The van der Waals surface area contributed by atoms with Gasteiger partial charge in [-0.2, -0.15) is 0 Å². The lowest BCUT2D eigenvalue weighted by Crippen LogP contribution is -2.14. The molecule has 4 heterocycles. The molecule has 0 amide bonds. The number of hydrogen-bond donors (Lipinski definition) is 0. The molecule has 5 heteroatoms. The monoisotopic (exact) mass is 462 g/mol. The van der Waals surface area contributed by atoms with Crippen molar-refractivity contribution in [2.45, 2.75) is 65.5 Å². The van der Waals surface area contributed by atoms with Crippen LogP contribution in [0.4, 0.5) is 0 Å². The van der Waals surface area contributed by atoms with Crippen molar-refractivity contribution in [3.8, 4) is 0 Å². The fourth-order valence-corrected chi connectivity index (χ4v) is 6.40. The summed E-state index contributed by atoms with van der Waals surface area (Å²) in [5.74, 6) is 0.845. The van der Waals surface area contributed by atoms with E-state index in [0.29, 0.717) is 5.92 Å². The number of nitrogens with zero attached hydrogens (tertiary/aromatic N) is 2. The molecule has 1 aliphatic rings. The second-order valence-electron chi connectivity index (χ2n) is 9.37. The van der Waals surface area contributed by atoms with Gasteiger partial charge < -0.3 is 13.9 Å². The van der Waals surface area contributed by atoms with E-state index < -0.39 is 0 Å². The second kappa shape index (κ2) is 9.86. The third-order valence-corrected chi connectivity index (χ3v) is 8.17. The van der Waals surface area contributed by atoms with Gasteiger partial charge in [-0.1, -0.05) is 38.0 Å². The van der Waals surface area contributed by atoms with Gasteiger partial charge in [-0.15, -0.1) is 11.3 Å². The minimum atomic E-state index is 0.152. The summed E-state index contributed by atoms with van der Waals surface area (Å²) in [6, 6.07) is 12.6. The predicted octanol–water partition coefficient (Wildman–Crippen LogP) is 7.20. The maximum absolute atomic E-state index is 14.0. The number of benzene rings is 1. The van der Waals surface area contributed by atoms with Crippen molar-refractivity contribution >= 4 is 38.2 Å². The highest BCUT2D eigenvalue weighted by Crippen LogP contribution is 2.33. The fourth-order valence-electron chi connectivity index (χ4n) is 5.48. The summed E-state index contributed by atoms with van der Waals surface area (Å²) in [4.78, 5) is 15.2. The number of hydrogen-bond acceptors (Lipinski definition) is 3. The molecule has 1 atom stereocenters. The number of ketones is 1. The maximum Gasteiger partial charge on any atom is 0.211 e. The molecule has 1 fully saturated rings. The zero-order valence-corrected chi connectivity index (χ0v) is 20.6. The Kier molecular flexibility index (Phi) is 6.70. The third-order valence-electron chi connectivity index (χ3n) is 7.22. The minimum Gasteiger partial charge on any atom is -0.381 e. The Balaban J connectivity index is 1.50. The van der Waals surface area contributed by atoms with Crippen molar-refractivity contribution in [2.75, 3.05) is 13.2 Å². The first-order valence-electron chi connectivity index (χ1n) is 12.5. The van der Waals surface area contributed by atoms with Gasteiger partial charge in [0, 0.05) is 48.3 Å². The Morgan fingerprint density at radius 3 is 2.85 bits per heavy atom. The number of aromatic nitrogens is 2. The largest absolute Gasteiger partial charge is 0.381 e. The lowest BCUT2D eigenvalue weighted by molar-refractivity contribution is 0.0976. The zero-order valence-electron chi connectivity index (χ0n) is 19.8. The maximum atomic E-state index is 14.0. The van der Waals surface area contributed by atoms with Crippen LogP contribution in [0.2, 0.25) is 0 Å². The zero-order chi connectivity index (χ0) is 22.8. The summed E-state index contributed by atoms with van der Waals surface area (Å²) < 4.78 is 10.3. The van der Waals surface area contributed by atoms with Crippen LogP contribution in [0.1, 0.15) is 67.2 Å². The standard InChI is InChI=1S/C28H34N2O2S/c1-3-14-30-25(19-22-13-18-33-28(22)30)27(31)26-20(2)29(24-10-5-4-9-23(24)26)15-11-21-8-6-7-16-32-17-12-21/h4-5,9-10,13,18-19,21H,3,6-8,11-12,14-17H2,1-2H3. The van der Waals surface area contributed by atoms with Gasteiger partial charge in [-0.05, 0) is 62.1 Å². The molecule has 0 N–H and O–H groups in total. The Hall–Kier alpha value is -2.37. The number of fused-ring (bicyclic) bond motifs is 2. The van der Waals surface area contributed by atoms with Crippen LogP contribution in [-0.2, 0) is 17.8 Å². The second-order valence-corrected chi connectivity index (χ2v) is 10.3. The number of para-hydroxylation sites is 1. The molecule has 1 aromatic carbocycles. The summed E-state index contributed by atoms with van der Waals surface area (Å²) >= 11 is 1.72. The average molecular weight is 463 g/mol. The van der Waals surface area contributed by atoms with Crippen LogP contribution in [-0.4, -0.2) is 28.1 Å². The first-order chi connectivity index (χ1) is 16.2. The quantitative estimate of drug-likeness (QED) is 0.272. The molecule has 1 aliphatic heterocycles. The van der Waals surface area contributed by atoms with Crippen molar-refractivity contribution in [3.63, 3.8) is 0 Å². The van der Waals surface area contributed by atoms with E-state index in [-0.39, 0.29) is 5.78 Å². The van der Waals surface area contributed by atoms with E-state index in [2.05, 4.69) is 64.8 Å². The molecule has 4 aromatic rings. The molecular formula is C28H34N2O2S. The highest BCUT2D eigenvalue weighted by Gasteiger charge is 2.25. The van der Waals surface area contributed by atoms with Gasteiger partial charge in [-0.25, -0.2) is 0 Å². The SMILES string of the molecule is CCCn1c(C(=O)c2c(C)n(CCC3CCCCOCC3)c3ccccc23)cc2ccsc21. The smallest absolute Gasteiger partial charge is 0.211 e. The summed E-state index contributed by atoms with van der Waals surface area (Å²) in [6.07, 6.45) is 7.01. The molecule has 1 unspecified atom stereocenters. The fraction of sp³-hybridized carbons (Fsp3) is 0.464. The van der Waals surface area contributed by atoms with Gasteiger partial charge in [0.1, 0.15) is 4.83 Å². The summed E-state index contributed by atoms with van der Waals surface area (Å²) in [5.41, 5.74) is 3.96. The molecular weight excluding hydrogens is 428 g/mol. The number of carbonyl (C=O) groups excluding carboxylic acids is 1. The van der Waals surface area contributed by atoms with Gasteiger partial charge in [0.25, 0.3) is 0 Å². The lowest BCUT2D eigenvalue weighted by Gasteiger charge is -2.21. The Bertz CT molecular complexity index is 1250. The molecule has 0 saturated carbocycles. The van der Waals surface area contributed by atoms with Crippen molar-refractivity contribution in [3.05, 3.63) is 58.7 Å². The predicted molar refractivity (Wildman–Crippen MR) is 138 cm³/mol. The van der Waals surface area contributed by atoms with Crippen LogP contribution < -0.4 is 0 Å². The van der Waals surface area contributed by atoms with Crippen LogP contribution >= 0.6 is 11.3 Å². The topological polar surface area (TPSA) is 36.2 Å². The van der Waals surface area contributed by atoms with E-state index in [4.69, 9.17) is 4.74 Å². The van der Waals surface area contributed by atoms with Crippen LogP contribution in [0.25, 0.3) is 21.1 Å². The Labute approximate surface area is 200 Å². The van der Waals surface area contributed by atoms with Crippen LogP contribution in [0.5, 0.6) is 0 Å². The first-order valence-corrected chi connectivity index (χ1v) is 13.3. The van der Waals surface area contributed by atoms with Crippen molar-refractivity contribution in [2.24, 2.45) is 5.92 Å². The number of thiophene rings is 1. The number of ether oxygens (including phenoxy) is 1. The van der Waals surface area contributed by atoms with Gasteiger partial charge in [0.05, 0.1) is 11.3 Å². The van der Waals surface area contributed by atoms with Crippen molar-refractivity contribution < 1.29 is 9.53 Å². The van der Waals surface area contributed by atoms with E-state index in [1.54, 1.807) is 11.3 Å². The van der Waals surface area contributed by atoms with Crippen molar-refractivity contribution in [1.82, 2.24) is 9.13 Å². The summed E-state index contributed by atoms with van der Waals surface area (Å²) in [6.45, 7) is 7.92. The van der Waals surface area contributed by atoms with E-state index in [9.17, 15) is 4.79 Å². The van der Waals surface area contributed by atoms with E-state index in [1.165, 1.54) is 35.0 Å². The first kappa shape index (κ1) is 22.4. The molecule has 0 aliphatic carbocycles. The molecule has 3 aromatic heterocycles. The van der Waals surface area contributed by atoms with Crippen molar-refractivity contribution in [1.29, 1.82) is 0 Å². The minimum absolute atomic E-state index is 0.152. The lowest BCUT2D eigenvalue weighted by atomic mass is 9.94. The summed E-state index contributed by atoms with van der Waals surface area (Å²) in [5, 5.41) is 4.36. The Morgan fingerprint density at radius 2 is 1.97 bits per heavy atom. The molecule has 174 valence electrons. The molecule has 5 rings (SSSR count). The van der Waals surface area contributed by atoms with Gasteiger partial charge in [-0.3, -0.25) is 4.79 Å². The summed E-state index contributed by atoms with van der Waals surface area (Å²) in [7, 11) is 0. The van der Waals surface area contributed by atoms with Crippen LogP contribution in [0.15, 0.2) is 41.8 Å². The van der Waals surface area contributed by atoms with Crippen LogP contribution in [0, 0.1) is 12.8 Å². The van der Waals surface area contributed by atoms with E-state index in [1.807, 2.05) is 0 Å². The Morgan fingerprint density at radius 1 is 1.09 bits per heavy atom. The van der Waals surface area contributed by atoms with E-state index in [0.717, 1.165) is 67.9 Å². The molecule has 0 bridgehead atoms. The molecule has 33 heavy (non-hydrogen) atoms. The number of carbonyl (C=O) groups is 1. The number of aryl methyl sites for hydroxylation is 2. The molecule has 0 spiro atoms. The third kappa shape index (κ3) is 4.29. The molecule has 0 radical (unpaired) electrons. The van der Waals surface area contributed by atoms with Gasteiger partial charge in [0.2, 0.25) is 5.78 Å². The molecule has 1 saturated heterocycles.